The third-order valence-electron chi connectivity index (χ3n) is 18.9. The normalized spacial score (nSPS) is 22.0. The Labute approximate surface area is 557 Å². The summed E-state index contributed by atoms with van der Waals surface area (Å²) >= 11 is 0. The number of alkyl halides is 6. The fourth-order valence-corrected chi connectivity index (χ4v) is 14.3. The van der Waals surface area contributed by atoms with Crippen molar-refractivity contribution in [1.82, 2.24) is 44.0 Å². The lowest BCUT2D eigenvalue weighted by Crippen LogP contribution is -2.42. The van der Waals surface area contributed by atoms with E-state index in [2.05, 4.69) is 55.0 Å². The van der Waals surface area contributed by atoms with Crippen LogP contribution in [0.15, 0.2) is 79.4 Å². The van der Waals surface area contributed by atoms with Crippen LogP contribution in [0.5, 0.6) is 17.2 Å². The molecule has 0 radical (unpaired) electrons. The van der Waals surface area contributed by atoms with Crippen LogP contribution in [-0.2, 0) is 14.4 Å². The highest BCUT2D eigenvalue weighted by Crippen LogP contribution is 2.57. The predicted molar refractivity (Wildman–Crippen MR) is 344 cm³/mol. The Kier molecular flexibility index (Phi) is 19.6. The molecular formula is C67H72F7N15O9. The summed E-state index contributed by atoms with van der Waals surface area (Å²) in [4.78, 5) is 77.7. The molecule has 0 bridgehead atoms. The quantitative estimate of drug-likeness (QED) is 0.0320. The summed E-state index contributed by atoms with van der Waals surface area (Å²) in [5, 5.41) is 13.5. The first-order valence-electron chi connectivity index (χ1n) is 31.4. The largest absolute Gasteiger partial charge is 0.573 e. The van der Waals surface area contributed by atoms with Crippen molar-refractivity contribution in [2.45, 2.75) is 116 Å². The molecule has 3 saturated heterocycles. The molecule has 12 N–H and O–H groups in total. The Morgan fingerprint density at radius 1 is 0.561 bits per heavy atom. The second-order valence-electron chi connectivity index (χ2n) is 25.5. The number of likely N-dealkylation sites (tertiary alicyclic amines) is 3. The fraction of sp³-hybridized carbons (Fsp3) is 0.418. The van der Waals surface area contributed by atoms with Crippen LogP contribution in [0.4, 0.5) is 48.2 Å². The number of anilines is 3. The summed E-state index contributed by atoms with van der Waals surface area (Å²) in [7, 11) is 0. The lowest BCUT2D eigenvalue weighted by atomic mass is 9.65. The average Bonchev–Trinajstić information content (AvgIpc) is 1.59. The number of nitrogens with two attached hydrogens (primary N) is 6. The van der Waals surface area contributed by atoms with Gasteiger partial charge in [-0.1, -0.05) is 25.3 Å². The van der Waals surface area contributed by atoms with Gasteiger partial charge in [0.2, 0.25) is 5.91 Å². The number of hydrogen-bond donors (Lipinski definition) is 6. The molecule has 0 atom stereocenters. The zero-order valence-electron chi connectivity index (χ0n) is 53.7. The zero-order valence-corrected chi connectivity index (χ0v) is 53.7. The molecule has 3 aliphatic carbocycles. The highest BCUT2D eigenvalue weighted by molar-refractivity contribution is 6.05. The molecular weight excluding hydrogens is 1290 g/mol. The van der Waals surface area contributed by atoms with Crippen molar-refractivity contribution in [3.05, 3.63) is 102 Å². The van der Waals surface area contributed by atoms with E-state index < -0.39 is 47.8 Å². The first-order chi connectivity index (χ1) is 46.3. The van der Waals surface area contributed by atoms with Gasteiger partial charge in [-0.15, -0.1) is 26.3 Å². The second-order valence-corrected chi connectivity index (χ2v) is 25.5. The number of hydrogen-bond acceptors (Lipinski definition) is 15. The molecule has 98 heavy (non-hydrogen) atoms. The number of amides is 6. The Bertz CT molecular complexity index is 4240. The molecule has 6 heterocycles. The molecule has 6 aromatic rings. The fourth-order valence-electron chi connectivity index (χ4n) is 14.3. The van der Waals surface area contributed by atoms with E-state index in [1.54, 1.807) is 48.7 Å². The van der Waals surface area contributed by atoms with Crippen molar-refractivity contribution in [3.8, 4) is 74.7 Å². The number of nitrogens with zero attached hydrogens (tertiary/aromatic N) is 9. The number of halogens is 7. The molecule has 24 nitrogen and oxygen atoms in total. The minimum absolute atomic E-state index is 0.00552. The second kappa shape index (κ2) is 27.4. The molecule has 6 aliphatic rings. The van der Waals surface area contributed by atoms with Gasteiger partial charge in [0.25, 0.3) is 29.5 Å². The number of nitrogen functional groups attached to an aromatic ring is 3. The molecule has 31 heteroatoms. The number of carbonyl (C=O) groups is 6. The number of carbonyl (C=O) groups excluding carboxylic acids is 6. The molecule has 3 spiro atoms. The van der Waals surface area contributed by atoms with Crippen LogP contribution in [0.1, 0.15) is 134 Å². The molecule has 0 unspecified atom stereocenters. The van der Waals surface area contributed by atoms with Gasteiger partial charge in [-0.05, 0) is 179 Å². The maximum Gasteiger partial charge on any atom is 0.573 e. The average molecular weight is 1360 g/mol. The van der Waals surface area contributed by atoms with E-state index >= 15 is 0 Å². The molecule has 518 valence electrons. The standard InChI is InChI=1S/C24H28FN5O3.C22H22F3N5O3.C21H22F3N5O3/c1-3-5-19(31)29-9-8-24(14-29)12-16(13-24)30-22(26)20(23(27)32)21(28-30)15-6-7-18(17(25)11-15)33-10-4-2;1-2-3-16(31)29-9-8-21(12-29)10-14(11-21)30-19(26)17(20(27)32)18(28-30)13-4-6-15(7-5-13)33-22(23,24)25;1-2-15(30)28-8-7-20(11-28)9-13(10-20)29-18(25)16(19(26)31)17(27-29)12-3-5-14(6-4-12)32-21(22,23)24/h6-7,11,16H,4,8-10,12-14,26H2,1-2H3,(H2,27,32);4-7,14H,8-12,26H2,1H3,(H2,27,32);2-6,13H,1,7-11,25H2,(H2,26,31). The Hall–Kier alpha value is -10.7. The number of benzene rings is 3. The van der Waals surface area contributed by atoms with Crippen molar-refractivity contribution in [2.24, 2.45) is 33.4 Å². The first-order valence-corrected chi connectivity index (χ1v) is 31.4. The highest BCUT2D eigenvalue weighted by atomic mass is 19.4. The summed E-state index contributed by atoms with van der Waals surface area (Å²) in [6.45, 7) is 13.0. The molecule has 3 aromatic carbocycles. The van der Waals surface area contributed by atoms with E-state index in [9.17, 15) is 59.5 Å². The molecule has 12 rings (SSSR count). The summed E-state index contributed by atoms with van der Waals surface area (Å²) in [5.41, 5.74) is 37.2. The van der Waals surface area contributed by atoms with Gasteiger partial charge >= 0.3 is 12.7 Å². The van der Waals surface area contributed by atoms with E-state index in [4.69, 9.17) is 39.1 Å². The van der Waals surface area contributed by atoms with E-state index in [1.165, 1.54) is 42.5 Å². The van der Waals surface area contributed by atoms with Gasteiger partial charge in [0.15, 0.2) is 11.6 Å². The summed E-state index contributed by atoms with van der Waals surface area (Å²) in [5.74, 6) is 6.91. The number of rotatable bonds is 15. The molecule has 3 saturated carbocycles. The van der Waals surface area contributed by atoms with E-state index in [0.717, 1.165) is 88.5 Å². The minimum Gasteiger partial charge on any atom is -0.491 e. The van der Waals surface area contributed by atoms with Crippen LogP contribution >= 0.6 is 0 Å². The predicted octanol–water partition coefficient (Wildman–Crippen LogP) is 8.31. The smallest absolute Gasteiger partial charge is 0.491 e. The van der Waals surface area contributed by atoms with Crippen LogP contribution in [0.2, 0.25) is 0 Å². The van der Waals surface area contributed by atoms with Crippen LogP contribution in [-0.4, -0.2) is 138 Å². The monoisotopic (exact) mass is 1360 g/mol. The zero-order chi connectivity index (χ0) is 71.0. The summed E-state index contributed by atoms with van der Waals surface area (Å²) in [6.07, 6.45) is -0.502. The lowest BCUT2D eigenvalue weighted by molar-refractivity contribution is -0.275. The third kappa shape index (κ3) is 14.7. The first kappa shape index (κ1) is 70.1. The Balaban J connectivity index is 0.000000159. The maximum atomic E-state index is 14.5. The minimum atomic E-state index is -4.81. The topological polar surface area (TPSA) is 349 Å². The van der Waals surface area contributed by atoms with Gasteiger partial charge in [0.05, 0.1) is 24.7 Å². The van der Waals surface area contributed by atoms with Gasteiger partial charge in [-0.3, -0.25) is 28.8 Å². The Morgan fingerprint density at radius 3 is 1.21 bits per heavy atom. The van der Waals surface area contributed by atoms with Crippen molar-refractivity contribution in [1.29, 1.82) is 0 Å². The summed E-state index contributed by atoms with van der Waals surface area (Å²) in [6, 6.07) is 14.2. The number of ether oxygens (including phenoxy) is 3. The van der Waals surface area contributed by atoms with Gasteiger partial charge in [-0.25, -0.2) is 18.4 Å². The van der Waals surface area contributed by atoms with Gasteiger partial charge < -0.3 is 63.3 Å². The van der Waals surface area contributed by atoms with E-state index in [1.807, 2.05) is 6.92 Å². The molecule has 3 aliphatic heterocycles. The molecule has 6 amide bonds. The molecule has 3 aromatic heterocycles. The van der Waals surface area contributed by atoms with Gasteiger partial charge in [-0.2, -0.15) is 15.3 Å². The third-order valence-corrected chi connectivity index (χ3v) is 18.9. The van der Waals surface area contributed by atoms with E-state index in [0.29, 0.717) is 62.6 Å². The summed E-state index contributed by atoms with van der Waals surface area (Å²) < 4.78 is 107. The van der Waals surface area contributed by atoms with Crippen molar-refractivity contribution >= 4 is 52.9 Å². The SMILES string of the molecule is C=CC(=O)N1CCC2(CC(n3nc(-c4ccc(OC(F)(F)F)cc4)c(C(N)=O)c3N)C2)C1.CC#CC(=O)N1CCC2(CC(n3nc(-c4ccc(OC(F)(F)F)cc4)c(C(N)=O)c3N)C2)C1.CC#CC(=O)N1CCC2(CC(n3nc(-c4ccc(OCCC)c(F)c4)c(C(N)=O)c3N)C2)C1. The van der Waals surface area contributed by atoms with Crippen molar-refractivity contribution in [3.63, 3.8) is 0 Å². The van der Waals surface area contributed by atoms with Crippen LogP contribution in [0.25, 0.3) is 33.8 Å². The Morgan fingerprint density at radius 2 is 0.898 bits per heavy atom. The van der Waals surface area contributed by atoms with E-state index in [-0.39, 0.29) is 109 Å². The van der Waals surface area contributed by atoms with Crippen molar-refractivity contribution in [2.75, 3.05) is 63.1 Å². The maximum absolute atomic E-state index is 14.5. The van der Waals surface area contributed by atoms with Gasteiger partial charge in [0, 0.05) is 56.0 Å². The number of aromatic nitrogens is 6. The van der Waals surface area contributed by atoms with Crippen molar-refractivity contribution < 1.29 is 73.7 Å². The van der Waals surface area contributed by atoms with Gasteiger partial charge in [0.1, 0.15) is 62.7 Å². The highest BCUT2D eigenvalue weighted by Gasteiger charge is 2.54. The number of primary amides is 3. The van der Waals surface area contributed by atoms with Crippen LogP contribution in [0, 0.1) is 45.7 Å². The van der Waals surface area contributed by atoms with Crippen LogP contribution in [0.3, 0.4) is 0 Å². The lowest BCUT2D eigenvalue weighted by Gasteiger charge is -2.45. The molecule has 6 fully saturated rings. The van der Waals surface area contributed by atoms with Crippen LogP contribution < -0.4 is 48.6 Å².